The van der Waals surface area contributed by atoms with E-state index in [1.165, 1.54) is 0 Å². The van der Waals surface area contributed by atoms with Crippen LogP contribution in [0.3, 0.4) is 0 Å². The summed E-state index contributed by atoms with van der Waals surface area (Å²) in [6, 6.07) is 7.58. The Morgan fingerprint density at radius 2 is 2.00 bits per heavy atom. The fourth-order valence-electron chi connectivity index (χ4n) is 3.52. The van der Waals surface area contributed by atoms with E-state index in [-0.39, 0.29) is 17.5 Å². The van der Waals surface area contributed by atoms with Gasteiger partial charge in [-0.25, -0.2) is 13.1 Å². The lowest BCUT2D eigenvalue weighted by Gasteiger charge is -2.27. The summed E-state index contributed by atoms with van der Waals surface area (Å²) in [5, 5.41) is 5.43. The summed E-state index contributed by atoms with van der Waals surface area (Å²) in [5.41, 5.74) is 0.955. The van der Waals surface area contributed by atoms with Crippen LogP contribution >= 0.6 is 23.8 Å². The van der Waals surface area contributed by atoms with Crippen LogP contribution in [0.1, 0.15) is 26.7 Å². The van der Waals surface area contributed by atoms with Crippen molar-refractivity contribution in [3.63, 3.8) is 0 Å². The van der Waals surface area contributed by atoms with Crippen molar-refractivity contribution in [3.05, 3.63) is 34.1 Å². The Bertz CT molecular complexity index is 951. The predicted octanol–water partition coefficient (Wildman–Crippen LogP) is 3.61. The maximum absolute atomic E-state index is 11.9. The number of aromatic nitrogens is 3. The number of halogens is 1. The van der Waals surface area contributed by atoms with Crippen LogP contribution in [-0.2, 0) is 23.1 Å². The van der Waals surface area contributed by atoms with Gasteiger partial charge in [0.1, 0.15) is 0 Å². The van der Waals surface area contributed by atoms with Crippen LogP contribution in [0.15, 0.2) is 24.3 Å². The Kier molecular flexibility index (Phi) is 6.40. The van der Waals surface area contributed by atoms with Crippen LogP contribution < -0.4 is 0 Å². The van der Waals surface area contributed by atoms with E-state index in [4.69, 9.17) is 28.9 Å². The molecule has 0 aliphatic carbocycles. The lowest BCUT2D eigenvalue weighted by Crippen LogP contribution is -2.38. The molecule has 0 bridgehead atoms. The van der Waals surface area contributed by atoms with Crippen LogP contribution in [0, 0.1) is 4.77 Å². The smallest absolute Gasteiger partial charge is 0.199 e. The molecule has 1 aliphatic rings. The molecular formula is C18H25ClN4O2S2. The van der Waals surface area contributed by atoms with Crippen LogP contribution in [0.5, 0.6) is 0 Å². The van der Waals surface area contributed by atoms with Gasteiger partial charge in [0.05, 0.1) is 18.2 Å². The molecule has 1 aromatic heterocycles. The number of sulfone groups is 1. The zero-order valence-electron chi connectivity index (χ0n) is 15.6. The van der Waals surface area contributed by atoms with E-state index in [1.807, 2.05) is 40.4 Å². The summed E-state index contributed by atoms with van der Waals surface area (Å²) in [6.07, 6.45) is 1.62. The Hall–Kier alpha value is -1.22. The van der Waals surface area contributed by atoms with Crippen LogP contribution in [0.4, 0.5) is 0 Å². The maximum Gasteiger partial charge on any atom is 0.199 e. The molecule has 2 heterocycles. The van der Waals surface area contributed by atoms with Gasteiger partial charge in [0.25, 0.3) is 0 Å². The van der Waals surface area contributed by atoms with Gasteiger partial charge in [-0.1, -0.05) is 18.5 Å². The average molecular weight is 429 g/mol. The van der Waals surface area contributed by atoms with Crippen molar-refractivity contribution in [1.29, 1.82) is 0 Å². The van der Waals surface area contributed by atoms with E-state index in [2.05, 4.69) is 11.8 Å². The molecule has 1 aliphatic heterocycles. The highest BCUT2D eigenvalue weighted by Crippen LogP contribution is 2.23. The average Bonchev–Trinajstić information content (AvgIpc) is 3.14. The molecule has 0 spiro atoms. The first-order valence-corrected chi connectivity index (χ1v) is 11.8. The number of rotatable bonds is 7. The van der Waals surface area contributed by atoms with E-state index >= 15 is 0 Å². The Morgan fingerprint density at radius 1 is 1.30 bits per heavy atom. The molecule has 1 fully saturated rings. The summed E-state index contributed by atoms with van der Waals surface area (Å²) in [6.45, 7) is 6.16. The first-order chi connectivity index (χ1) is 12.8. The van der Waals surface area contributed by atoms with Gasteiger partial charge >= 0.3 is 0 Å². The van der Waals surface area contributed by atoms with Crippen molar-refractivity contribution in [2.24, 2.45) is 0 Å². The number of nitrogens with zero attached hydrogens (tertiary/aromatic N) is 4. The largest absolute Gasteiger partial charge is 0.300 e. The SMILES string of the molecule is CCCN(Cn1nc(-c2ccc(Cl)cc2)n(CC)c1=S)[C@@H]1CCS(=O)(=O)C1. The minimum absolute atomic E-state index is 0.0302. The number of hydrogen-bond donors (Lipinski definition) is 0. The van der Waals surface area contributed by atoms with Crippen molar-refractivity contribution < 1.29 is 8.42 Å². The van der Waals surface area contributed by atoms with Gasteiger partial charge in [-0.2, -0.15) is 5.10 Å². The standard InChI is InChI=1S/C18H25ClN4O2S2/c1-3-10-21(16-9-11-27(24,25)12-16)13-23-18(26)22(4-2)17(20-23)14-5-7-15(19)8-6-14/h5-8,16H,3-4,9-13H2,1-2H3/t16-/m1/s1. The first-order valence-electron chi connectivity index (χ1n) is 9.22. The predicted molar refractivity (Wildman–Crippen MR) is 111 cm³/mol. The van der Waals surface area contributed by atoms with Crippen LogP contribution in [0.25, 0.3) is 11.4 Å². The van der Waals surface area contributed by atoms with E-state index in [9.17, 15) is 8.42 Å². The molecular weight excluding hydrogens is 404 g/mol. The molecule has 0 amide bonds. The normalized spacial score (nSPS) is 19.0. The van der Waals surface area contributed by atoms with Gasteiger partial charge in [0.2, 0.25) is 0 Å². The van der Waals surface area contributed by atoms with Crippen molar-refractivity contribution in [2.45, 2.75) is 45.9 Å². The fraction of sp³-hybridized carbons (Fsp3) is 0.556. The molecule has 1 atom stereocenters. The molecule has 0 unspecified atom stereocenters. The third-order valence-electron chi connectivity index (χ3n) is 4.89. The van der Waals surface area contributed by atoms with E-state index < -0.39 is 9.84 Å². The maximum atomic E-state index is 11.9. The summed E-state index contributed by atoms with van der Waals surface area (Å²) < 4.78 is 28.2. The molecule has 27 heavy (non-hydrogen) atoms. The van der Waals surface area contributed by atoms with Crippen molar-refractivity contribution in [1.82, 2.24) is 19.2 Å². The van der Waals surface area contributed by atoms with Gasteiger partial charge in [0, 0.05) is 23.2 Å². The summed E-state index contributed by atoms with van der Waals surface area (Å²) in [7, 11) is -2.93. The van der Waals surface area contributed by atoms with E-state index in [1.54, 1.807) is 0 Å². The monoisotopic (exact) mass is 428 g/mol. The number of hydrogen-bond acceptors (Lipinski definition) is 5. The second-order valence-corrected chi connectivity index (χ2v) is 9.90. The summed E-state index contributed by atoms with van der Waals surface area (Å²) in [4.78, 5) is 2.19. The van der Waals surface area contributed by atoms with Crippen molar-refractivity contribution in [3.8, 4) is 11.4 Å². The second kappa shape index (κ2) is 8.43. The van der Waals surface area contributed by atoms with Gasteiger partial charge in [-0.3, -0.25) is 4.90 Å². The summed E-state index contributed by atoms with van der Waals surface area (Å²) >= 11 is 11.7. The molecule has 2 aromatic rings. The zero-order chi connectivity index (χ0) is 19.6. The molecule has 1 saturated heterocycles. The topological polar surface area (TPSA) is 60.1 Å². The van der Waals surface area contributed by atoms with Crippen LogP contribution in [0.2, 0.25) is 5.02 Å². The molecule has 1 aromatic carbocycles. The summed E-state index contributed by atoms with van der Waals surface area (Å²) in [5.74, 6) is 1.29. The van der Waals surface area contributed by atoms with Gasteiger partial charge in [0.15, 0.2) is 20.4 Å². The number of benzene rings is 1. The molecule has 0 radical (unpaired) electrons. The lowest BCUT2D eigenvalue weighted by atomic mass is 10.2. The minimum Gasteiger partial charge on any atom is -0.300 e. The molecule has 9 heteroatoms. The highest BCUT2D eigenvalue weighted by molar-refractivity contribution is 7.91. The van der Waals surface area contributed by atoms with Crippen molar-refractivity contribution in [2.75, 3.05) is 18.1 Å². The highest BCUT2D eigenvalue weighted by Gasteiger charge is 2.32. The Morgan fingerprint density at radius 3 is 2.56 bits per heavy atom. The van der Waals surface area contributed by atoms with Gasteiger partial charge < -0.3 is 4.57 Å². The molecule has 0 N–H and O–H groups in total. The minimum atomic E-state index is -2.93. The Balaban J connectivity index is 1.91. The van der Waals surface area contributed by atoms with Gasteiger partial charge in [-0.05, 0) is 62.8 Å². The molecule has 0 saturated carbocycles. The fourth-order valence-corrected chi connectivity index (χ4v) is 5.72. The van der Waals surface area contributed by atoms with Gasteiger partial charge in [-0.15, -0.1) is 0 Å². The van der Waals surface area contributed by atoms with E-state index in [0.717, 1.165) is 24.4 Å². The second-order valence-electron chi connectivity index (χ2n) is 6.87. The Labute approximate surface area is 170 Å². The van der Waals surface area contributed by atoms with E-state index in [0.29, 0.717) is 29.4 Å². The first kappa shape index (κ1) is 20.5. The van der Waals surface area contributed by atoms with Crippen molar-refractivity contribution >= 4 is 33.7 Å². The third kappa shape index (κ3) is 4.62. The highest BCUT2D eigenvalue weighted by atomic mass is 35.5. The molecule has 6 nitrogen and oxygen atoms in total. The molecule has 3 rings (SSSR count). The lowest BCUT2D eigenvalue weighted by molar-refractivity contribution is 0.155. The third-order valence-corrected chi connectivity index (χ3v) is 7.33. The van der Waals surface area contributed by atoms with Crippen LogP contribution in [-0.4, -0.2) is 51.8 Å². The quantitative estimate of drug-likeness (QED) is 0.630. The molecule has 148 valence electrons. The zero-order valence-corrected chi connectivity index (χ0v) is 18.0.